The van der Waals surface area contributed by atoms with E-state index in [9.17, 15) is 9.59 Å². The molecule has 0 spiro atoms. The standard InChI is InChI=1S/C9H17NO3Si/c1-14(2,3)10-7(9(12)13)5-4-6-8(10)11/h7H,4-6H2,1-3H3,(H,12,13). The second-order valence-electron chi connectivity index (χ2n) is 4.68. The van der Waals surface area contributed by atoms with Crippen molar-refractivity contribution < 1.29 is 14.7 Å². The van der Waals surface area contributed by atoms with Crippen LogP contribution >= 0.6 is 0 Å². The molecule has 0 aromatic rings. The van der Waals surface area contributed by atoms with E-state index in [-0.39, 0.29) is 5.91 Å². The fourth-order valence-corrected chi connectivity index (χ4v) is 3.98. The van der Waals surface area contributed by atoms with E-state index in [2.05, 4.69) is 0 Å². The van der Waals surface area contributed by atoms with E-state index in [4.69, 9.17) is 5.11 Å². The zero-order chi connectivity index (χ0) is 10.9. The van der Waals surface area contributed by atoms with Crippen LogP contribution in [0.4, 0.5) is 0 Å². The van der Waals surface area contributed by atoms with Crippen LogP contribution in [0.5, 0.6) is 0 Å². The third kappa shape index (κ3) is 2.15. The Balaban J connectivity index is 2.93. The minimum atomic E-state index is -1.84. The highest BCUT2D eigenvalue weighted by atomic mass is 28.3. The van der Waals surface area contributed by atoms with Crippen LogP contribution in [-0.2, 0) is 9.59 Å². The summed E-state index contributed by atoms with van der Waals surface area (Å²) in [5, 5.41) is 9.02. The van der Waals surface area contributed by atoms with Crippen LogP contribution in [0.3, 0.4) is 0 Å². The van der Waals surface area contributed by atoms with Gasteiger partial charge < -0.3 is 9.67 Å². The molecule has 4 nitrogen and oxygen atoms in total. The first-order chi connectivity index (χ1) is 6.34. The third-order valence-corrected chi connectivity index (χ3v) is 4.46. The Morgan fingerprint density at radius 1 is 1.50 bits per heavy atom. The fraction of sp³-hybridized carbons (Fsp3) is 0.778. The molecule has 1 aliphatic heterocycles. The van der Waals surface area contributed by atoms with Gasteiger partial charge in [0.15, 0.2) is 8.24 Å². The number of nitrogens with zero attached hydrogens (tertiary/aromatic N) is 1. The Labute approximate surface area is 85.0 Å². The van der Waals surface area contributed by atoms with Gasteiger partial charge in [0.1, 0.15) is 6.04 Å². The van der Waals surface area contributed by atoms with Crippen molar-refractivity contribution in [3.05, 3.63) is 0 Å². The SMILES string of the molecule is C[Si](C)(C)N1C(=O)CCCC1C(=O)O. The topological polar surface area (TPSA) is 57.6 Å². The number of carbonyl (C=O) groups is 2. The summed E-state index contributed by atoms with van der Waals surface area (Å²) in [4.78, 5) is 22.6. The molecule has 1 amide bonds. The summed E-state index contributed by atoms with van der Waals surface area (Å²) in [6.07, 6.45) is 1.82. The van der Waals surface area contributed by atoms with Gasteiger partial charge in [-0.1, -0.05) is 19.6 Å². The molecular weight excluding hydrogens is 198 g/mol. The van der Waals surface area contributed by atoms with E-state index in [0.29, 0.717) is 19.3 Å². The van der Waals surface area contributed by atoms with Crippen molar-refractivity contribution in [1.29, 1.82) is 0 Å². The lowest BCUT2D eigenvalue weighted by Crippen LogP contribution is -2.59. The molecule has 80 valence electrons. The maximum absolute atomic E-state index is 11.7. The summed E-state index contributed by atoms with van der Waals surface area (Å²) in [6.45, 7) is 6.02. The fourth-order valence-electron chi connectivity index (χ4n) is 1.95. The summed E-state index contributed by atoms with van der Waals surface area (Å²) >= 11 is 0. The Morgan fingerprint density at radius 2 is 2.07 bits per heavy atom. The predicted octanol–water partition coefficient (Wildman–Crippen LogP) is 1.29. The average Bonchev–Trinajstić information content (AvgIpc) is 2.01. The van der Waals surface area contributed by atoms with Gasteiger partial charge in [0.05, 0.1) is 0 Å². The Morgan fingerprint density at radius 3 is 2.43 bits per heavy atom. The van der Waals surface area contributed by atoms with Crippen LogP contribution in [0.15, 0.2) is 0 Å². The Hall–Kier alpha value is -0.843. The second kappa shape index (κ2) is 3.72. The molecule has 0 aromatic carbocycles. The van der Waals surface area contributed by atoms with E-state index in [0.717, 1.165) is 0 Å². The van der Waals surface area contributed by atoms with Crippen LogP contribution in [0.25, 0.3) is 0 Å². The molecule has 0 aliphatic carbocycles. The predicted molar refractivity (Wildman–Crippen MR) is 55.5 cm³/mol. The lowest BCUT2D eigenvalue weighted by atomic mass is 10.0. The molecule has 5 heteroatoms. The zero-order valence-electron chi connectivity index (χ0n) is 8.91. The monoisotopic (exact) mass is 215 g/mol. The first-order valence-electron chi connectivity index (χ1n) is 4.89. The lowest BCUT2D eigenvalue weighted by Gasteiger charge is -2.41. The largest absolute Gasteiger partial charge is 0.480 e. The molecule has 1 heterocycles. The summed E-state index contributed by atoms with van der Waals surface area (Å²) in [5.41, 5.74) is 0. The molecule has 1 unspecified atom stereocenters. The van der Waals surface area contributed by atoms with Crippen LogP contribution < -0.4 is 0 Å². The quantitative estimate of drug-likeness (QED) is 0.706. The van der Waals surface area contributed by atoms with Crippen molar-refractivity contribution in [3.63, 3.8) is 0 Å². The maximum Gasteiger partial charge on any atom is 0.325 e. The molecule has 0 aromatic heterocycles. The van der Waals surface area contributed by atoms with Crippen LogP contribution in [-0.4, -0.2) is 35.8 Å². The maximum atomic E-state index is 11.7. The summed E-state index contributed by atoms with van der Waals surface area (Å²) in [7, 11) is -1.84. The number of carboxylic acid groups (broad SMARTS) is 1. The van der Waals surface area contributed by atoms with Gasteiger partial charge in [0, 0.05) is 6.42 Å². The number of amides is 1. The molecule has 1 rings (SSSR count). The van der Waals surface area contributed by atoms with Gasteiger partial charge in [-0.15, -0.1) is 0 Å². The van der Waals surface area contributed by atoms with Crippen molar-refractivity contribution >= 4 is 20.1 Å². The van der Waals surface area contributed by atoms with Crippen LogP contribution in [0, 0.1) is 0 Å². The van der Waals surface area contributed by atoms with Crippen molar-refractivity contribution in [2.45, 2.75) is 44.9 Å². The molecule has 14 heavy (non-hydrogen) atoms. The lowest BCUT2D eigenvalue weighted by molar-refractivity contribution is -0.148. The molecule has 1 aliphatic rings. The van der Waals surface area contributed by atoms with E-state index in [1.165, 1.54) is 0 Å². The zero-order valence-corrected chi connectivity index (χ0v) is 9.91. The summed E-state index contributed by atoms with van der Waals surface area (Å²) < 4.78 is 1.64. The molecule has 1 saturated heterocycles. The second-order valence-corrected chi connectivity index (χ2v) is 9.50. The molecule has 1 fully saturated rings. The third-order valence-electron chi connectivity index (χ3n) is 2.46. The van der Waals surface area contributed by atoms with Crippen molar-refractivity contribution in [2.75, 3.05) is 0 Å². The highest BCUT2D eigenvalue weighted by Crippen LogP contribution is 2.24. The smallest absolute Gasteiger partial charge is 0.325 e. The molecular formula is C9H17NO3Si. The van der Waals surface area contributed by atoms with Gasteiger partial charge in [0.25, 0.3) is 0 Å². The normalized spacial score (nSPS) is 23.8. The van der Waals surface area contributed by atoms with Crippen LogP contribution in [0.2, 0.25) is 19.6 Å². The number of piperidine rings is 1. The highest BCUT2D eigenvalue weighted by Gasteiger charge is 2.40. The number of aliphatic carboxylic acids is 1. The minimum Gasteiger partial charge on any atom is -0.480 e. The number of carbonyl (C=O) groups excluding carboxylic acids is 1. The number of hydrogen-bond donors (Lipinski definition) is 1. The highest BCUT2D eigenvalue weighted by molar-refractivity contribution is 6.75. The molecule has 1 atom stereocenters. The molecule has 0 saturated carbocycles. The van der Waals surface area contributed by atoms with E-state index in [1.54, 1.807) is 4.57 Å². The molecule has 0 bridgehead atoms. The Bertz CT molecular complexity index is 259. The van der Waals surface area contributed by atoms with Crippen molar-refractivity contribution in [1.82, 2.24) is 4.57 Å². The number of rotatable bonds is 2. The van der Waals surface area contributed by atoms with Gasteiger partial charge >= 0.3 is 5.97 Å². The first kappa shape index (κ1) is 11.2. The number of hydrogen-bond acceptors (Lipinski definition) is 2. The van der Waals surface area contributed by atoms with Gasteiger partial charge in [-0.3, -0.25) is 9.59 Å². The van der Waals surface area contributed by atoms with Gasteiger partial charge in [-0.25, -0.2) is 0 Å². The van der Waals surface area contributed by atoms with E-state index >= 15 is 0 Å². The van der Waals surface area contributed by atoms with Crippen molar-refractivity contribution in [3.8, 4) is 0 Å². The average molecular weight is 215 g/mol. The first-order valence-corrected chi connectivity index (χ1v) is 8.33. The molecule has 0 radical (unpaired) electrons. The van der Waals surface area contributed by atoms with E-state index in [1.807, 2.05) is 19.6 Å². The molecule has 1 N–H and O–H groups in total. The minimum absolute atomic E-state index is 0.0165. The Kier molecular flexibility index (Phi) is 2.99. The van der Waals surface area contributed by atoms with Crippen molar-refractivity contribution in [2.24, 2.45) is 0 Å². The van der Waals surface area contributed by atoms with Gasteiger partial charge in [-0.2, -0.15) is 0 Å². The van der Waals surface area contributed by atoms with E-state index < -0.39 is 20.2 Å². The van der Waals surface area contributed by atoms with Gasteiger partial charge in [-0.05, 0) is 12.8 Å². The number of carboxylic acids is 1. The summed E-state index contributed by atoms with van der Waals surface area (Å²) in [6, 6.07) is -0.581. The van der Waals surface area contributed by atoms with Crippen LogP contribution in [0.1, 0.15) is 19.3 Å². The summed E-state index contributed by atoms with van der Waals surface area (Å²) in [5.74, 6) is -0.844. The van der Waals surface area contributed by atoms with Gasteiger partial charge in [0.2, 0.25) is 5.91 Å².